The maximum Gasteiger partial charge on any atom is 0.333 e. The summed E-state index contributed by atoms with van der Waals surface area (Å²) in [5.41, 5.74) is 3.12. The van der Waals surface area contributed by atoms with Gasteiger partial charge in [0.1, 0.15) is 6.10 Å². The molecule has 1 fully saturated rings. The molecule has 1 N–H and O–H groups in total. The van der Waals surface area contributed by atoms with Gasteiger partial charge < -0.3 is 14.6 Å². The van der Waals surface area contributed by atoms with Crippen molar-refractivity contribution in [3.8, 4) is 0 Å². The van der Waals surface area contributed by atoms with Crippen LogP contribution < -0.4 is 0 Å². The molecule has 1 heterocycles. The number of aliphatic hydroxyl groups excluding tert-OH is 1. The predicted octanol–water partition coefficient (Wildman–Crippen LogP) is 5.64. The van der Waals surface area contributed by atoms with Gasteiger partial charge in [-0.2, -0.15) is 0 Å². The first-order valence-electron chi connectivity index (χ1n) is 12.1. The number of allylic oxidation sites excluding steroid dienone is 3. The Hall–Kier alpha value is -1.88. The van der Waals surface area contributed by atoms with E-state index in [-0.39, 0.29) is 10.8 Å². The third kappa shape index (κ3) is 5.03. The van der Waals surface area contributed by atoms with E-state index in [1.54, 1.807) is 0 Å². The van der Waals surface area contributed by atoms with Crippen LogP contribution in [0.15, 0.2) is 35.5 Å². The number of ether oxygens (including phenoxy) is 2. The lowest BCUT2D eigenvalue weighted by Gasteiger charge is -2.54. The van der Waals surface area contributed by atoms with Gasteiger partial charge >= 0.3 is 11.9 Å². The quantitative estimate of drug-likeness (QED) is 0.388. The van der Waals surface area contributed by atoms with Crippen LogP contribution in [0.5, 0.6) is 0 Å². The van der Waals surface area contributed by atoms with Gasteiger partial charge in [-0.15, -0.1) is 6.58 Å². The van der Waals surface area contributed by atoms with E-state index in [2.05, 4.69) is 40.3 Å². The summed E-state index contributed by atoms with van der Waals surface area (Å²) in [6.07, 6.45) is 10.2. The number of aliphatic hydroxyl groups is 1. The lowest BCUT2D eigenvalue weighted by molar-refractivity contribution is -0.154. The van der Waals surface area contributed by atoms with Crippen LogP contribution >= 0.6 is 0 Å². The van der Waals surface area contributed by atoms with E-state index < -0.39 is 24.3 Å². The van der Waals surface area contributed by atoms with Gasteiger partial charge in [0, 0.05) is 18.6 Å². The fourth-order valence-corrected chi connectivity index (χ4v) is 6.30. The van der Waals surface area contributed by atoms with Crippen LogP contribution in [0.4, 0.5) is 0 Å². The van der Waals surface area contributed by atoms with E-state index in [1.807, 2.05) is 0 Å². The summed E-state index contributed by atoms with van der Waals surface area (Å²) in [6, 6.07) is 0. The van der Waals surface area contributed by atoms with E-state index in [4.69, 9.17) is 9.47 Å². The van der Waals surface area contributed by atoms with Crippen molar-refractivity contribution in [2.75, 3.05) is 0 Å². The molecule has 0 aromatic heterocycles. The van der Waals surface area contributed by atoms with Gasteiger partial charge in [-0.05, 0) is 81.0 Å². The number of hydrogen-bond donors (Lipinski definition) is 1. The van der Waals surface area contributed by atoms with Crippen molar-refractivity contribution < 1.29 is 24.2 Å². The zero-order valence-electron chi connectivity index (χ0n) is 20.4. The summed E-state index contributed by atoms with van der Waals surface area (Å²) >= 11 is 0. The largest absolute Gasteiger partial charge is 0.458 e. The van der Waals surface area contributed by atoms with Crippen molar-refractivity contribution in [3.05, 3.63) is 35.5 Å². The summed E-state index contributed by atoms with van der Waals surface area (Å²) in [7, 11) is 0. The van der Waals surface area contributed by atoms with Crippen molar-refractivity contribution in [2.24, 2.45) is 22.7 Å². The third-order valence-electron chi connectivity index (χ3n) is 8.37. The second kappa shape index (κ2) is 9.54. The van der Waals surface area contributed by atoms with Crippen molar-refractivity contribution in [1.82, 2.24) is 0 Å². The molecule has 0 radical (unpaired) electrons. The Bertz CT molecular complexity index is 824. The van der Waals surface area contributed by atoms with Gasteiger partial charge in [-0.25, -0.2) is 4.79 Å². The molecule has 0 spiro atoms. The third-order valence-corrected chi connectivity index (χ3v) is 8.37. The molecule has 5 nitrogen and oxygen atoms in total. The number of carbonyl (C=O) groups is 2. The number of carbonyl (C=O) groups excluding carboxylic acids is 2. The molecule has 1 aliphatic heterocycles. The van der Waals surface area contributed by atoms with Crippen LogP contribution in [-0.4, -0.2) is 29.4 Å². The highest BCUT2D eigenvalue weighted by Crippen LogP contribution is 2.60. The molecule has 0 amide bonds. The number of esters is 2. The zero-order valence-corrected chi connectivity index (χ0v) is 20.4. The normalized spacial score (nSPS) is 35.3. The van der Waals surface area contributed by atoms with Crippen LogP contribution in [-0.2, 0) is 19.1 Å². The molecule has 3 rings (SSSR count). The Labute approximate surface area is 192 Å². The van der Waals surface area contributed by atoms with Gasteiger partial charge in [0.25, 0.3) is 0 Å². The van der Waals surface area contributed by atoms with Crippen molar-refractivity contribution in [3.63, 3.8) is 0 Å². The van der Waals surface area contributed by atoms with E-state index in [0.29, 0.717) is 23.8 Å². The monoisotopic (exact) mass is 444 g/mol. The molecule has 0 saturated heterocycles. The molecule has 1 saturated carbocycles. The number of rotatable bonds is 8. The fourth-order valence-electron chi connectivity index (χ4n) is 6.30. The molecular formula is C27H40O5. The Morgan fingerprint density at radius 1 is 1.34 bits per heavy atom. The molecule has 6 atom stereocenters. The van der Waals surface area contributed by atoms with Gasteiger partial charge in [-0.3, -0.25) is 4.79 Å². The van der Waals surface area contributed by atoms with Crippen molar-refractivity contribution >= 4 is 11.9 Å². The van der Waals surface area contributed by atoms with Crippen LogP contribution in [0, 0.1) is 22.7 Å². The molecule has 0 bridgehead atoms. The highest BCUT2D eigenvalue weighted by Gasteiger charge is 2.51. The van der Waals surface area contributed by atoms with Crippen LogP contribution in [0.1, 0.15) is 86.0 Å². The summed E-state index contributed by atoms with van der Waals surface area (Å²) in [5.74, 6) is -0.114. The average Bonchev–Trinajstić information content (AvgIpc) is 3.02. The first-order chi connectivity index (χ1) is 15.0. The smallest absolute Gasteiger partial charge is 0.333 e. The zero-order chi connectivity index (χ0) is 23.7. The second-order valence-corrected chi connectivity index (χ2v) is 10.8. The van der Waals surface area contributed by atoms with Crippen LogP contribution in [0.25, 0.3) is 0 Å². The van der Waals surface area contributed by atoms with Gasteiger partial charge in [0.15, 0.2) is 0 Å². The Morgan fingerprint density at radius 3 is 2.66 bits per heavy atom. The topological polar surface area (TPSA) is 72.8 Å². The van der Waals surface area contributed by atoms with E-state index in [1.165, 1.54) is 43.4 Å². The standard InChI is InChI=1S/C27H40O5/c1-17(2)9-7-13-26(5)14-8-10-22-21(26)12-11-18(3)27(22,6)16-23(31-19(4)28)20-15-24(29)32-25(20)30/h10,15,18,21,23,25,30H,1,7-9,11-14,16H2,2-6H3/t18-,21+,23-,25-,26+,27+/m1/s1. The van der Waals surface area contributed by atoms with Gasteiger partial charge in [0.05, 0.1) is 0 Å². The minimum absolute atomic E-state index is 0.189. The maximum absolute atomic E-state index is 11.9. The Kier molecular flexibility index (Phi) is 7.38. The summed E-state index contributed by atoms with van der Waals surface area (Å²) in [4.78, 5) is 23.6. The Morgan fingerprint density at radius 2 is 2.06 bits per heavy atom. The highest BCUT2D eigenvalue weighted by molar-refractivity contribution is 5.86. The minimum atomic E-state index is -1.35. The van der Waals surface area contributed by atoms with E-state index >= 15 is 0 Å². The maximum atomic E-state index is 11.9. The molecular weight excluding hydrogens is 404 g/mol. The molecule has 0 aromatic rings. The minimum Gasteiger partial charge on any atom is -0.458 e. The lowest BCUT2D eigenvalue weighted by atomic mass is 9.50. The van der Waals surface area contributed by atoms with Gasteiger partial charge in [0.2, 0.25) is 6.29 Å². The second-order valence-electron chi connectivity index (χ2n) is 10.8. The first-order valence-corrected chi connectivity index (χ1v) is 12.1. The number of fused-ring (bicyclic) bond motifs is 1. The van der Waals surface area contributed by atoms with E-state index in [0.717, 1.165) is 25.7 Å². The molecule has 32 heavy (non-hydrogen) atoms. The predicted molar refractivity (Wildman–Crippen MR) is 124 cm³/mol. The van der Waals surface area contributed by atoms with Gasteiger partial charge in [-0.1, -0.05) is 38.0 Å². The lowest BCUT2D eigenvalue weighted by Crippen LogP contribution is -2.46. The van der Waals surface area contributed by atoms with E-state index in [9.17, 15) is 14.7 Å². The number of cyclic esters (lactones) is 1. The molecule has 5 heteroatoms. The van der Waals surface area contributed by atoms with Crippen LogP contribution in [0.2, 0.25) is 0 Å². The van der Waals surface area contributed by atoms with Crippen LogP contribution in [0.3, 0.4) is 0 Å². The van der Waals surface area contributed by atoms with Crippen molar-refractivity contribution in [2.45, 2.75) is 98.4 Å². The summed E-state index contributed by atoms with van der Waals surface area (Å²) in [5, 5.41) is 10.3. The highest BCUT2D eigenvalue weighted by atomic mass is 16.6. The first kappa shape index (κ1) is 24.8. The Balaban J connectivity index is 1.89. The molecule has 178 valence electrons. The summed E-state index contributed by atoms with van der Waals surface area (Å²) < 4.78 is 10.6. The van der Waals surface area contributed by atoms with Crippen molar-refractivity contribution in [1.29, 1.82) is 0 Å². The molecule has 0 unspecified atom stereocenters. The summed E-state index contributed by atoms with van der Waals surface area (Å²) in [6.45, 7) is 14.5. The average molecular weight is 445 g/mol. The fraction of sp³-hybridized carbons (Fsp3) is 0.704. The molecule has 0 aromatic carbocycles. The number of hydrogen-bond acceptors (Lipinski definition) is 5. The molecule has 3 aliphatic rings. The SMILES string of the molecule is C=C(C)CCC[C@@]1(C)CCC=C2[C@@H]1CC[C@@H](C)[C@]2(C)C[C@@H](OC(C)=O)C1=CC(=O)O[C@H]1O. The molecule has 2 aliphatic carbocycles.